The Morgan fingerprint density at radius 1 is 0.913 bits per heavy atom. The number of halogens is 1. The molecule has 0 fully saturated rings. The van der Waals surface area contributed by atoms with E-state index in [4.69, 9.17) is 0 Å². The lowest BCUT2D eigenvalue weighted by molar-refractivity contribution is -0.588. The van der Waals surface area contributed by atoms with E-state index in [1.807, 2.05) is 0 Å². The second-order valence-corrected chi connectivity index (χ2v) is 7.33. The summed E-state index contributed by atoms with van der Waals surface area (Å²) >= 11 is 0. The van der Waals surface area contributed by atoms with Crippen molar-refractivity contribution in [2.24, 2.45) is 0 Å². The van der Waals surface area contributed by atoms with Crippen LogP contribution in [0.2, 0.25) is 0 Å². The van der Waals surface area contributed by atoms with Crippen LogP contribution >= 0.6 is 0 Å². The standard InChI is InChI=1S/C21H29N.BrH/c1-6-16(2)18-9-13-20(14-10-18)22-15-17-7-11-19(12-8-17)21(3,4)5;/h7-14,16,22H,6,15H2,1-5H3;1H. The predicted molar refractivity (Wildman–Crippen MR) is 95.6 cm³/mol. The van der Waals surface area contributed by atoms with Crippen molar-refractivity contribution in [1.29, 1.82) is 0 Å². The van der Waals surface area contributed by atoms with Crippen LogP contribution in [0.3, 0.4) is 0 Å². The minimum Gasteiger partial charge on any atom is -1.00 e. The summed E-state index contributed by atoms with van der Waals surface area (Å²) in [5.41, 5.74) is 5.75. The van der Waals surface area contributed by atoms with E-state index in [9.17, 15) is 0 Å². The number of benzene rings is 2. The first-order valence-corrected chi connectivity index (χ1v) is 8.42. The van der Waals surface area contributed by atoms with Gasteiger partial charge in [0.15, 0.2) is 0 Å². The van der Waals surface area contributed by atoms with Gasteiger partial charge in [-0.3, -0.25) is 0 Å². The molecule has 0 aromatic heterocycles. The molecule has 0 heterocycles. The number of rotatable bonds is 5. The average molecular weight is 376 g/mol. The summed E-state index contributed by atoms with van der Waals surface area (Å²) in [7, 11) is 0. The Morgan fingerprint density at radius 2 is 1.48 bits per heavy atom. The average Bonchev–Trinajstić information content (AvgIpc) is 2.52. The monoisotopic (exact) mass is 375 g/mol. The van der Waals surface area contributed by atoms with Crippen molar-refractivity contribution in [3.63, 3.8) is 0 Å². The van der Waals surface area contributed by atoms with Crippen LogP contribution < -0.4 is 22.3 Å². The summed E-state index contributed by atoms with van der Waals surface area (Å²) in [6, 6.07) is 18.0. The van der Waals surface area contributed by atoms with Crippen LogP contribution in [0.4, 0.5) is 5.69 Å². The van der Waals surface area contributed by atoms with Crippen LogP contribution in [-0.2, 0) is 12.0 Å². The molecule has 1 nitrogen and oxygen atoms in total. The highest BCUT2D eigenvalue weighted by molar-refractivity contribution is 5.33. The normalized spacial score (nSPS) is 12.6. The van der Waals surface area contributed by atoms with Gasteiger partial charge in [0.05, 0.1) is 0 Å². The van der Waals surface area contributed by atoms with Crippen molar-refractivity contribution < 1.29 is 22.3 Å². The Labute approximate surface area is 152 Å². The Kier molecular flexibility index (Phi) is 7.50. The minimum absolute atomic E-state index is 0. The molecular formula is C21H30BrN. The number of quaternary nitrogens is 1. The van der Waals surface area contributed by atoms with Crippen LogP contribution in [-0.4, -0.2) is 0 Å². The molecule has 0 aliphatic heterocycles. The van der Waals surface area contributed by atoms with Crippen LogP contribution in [0.15, 0.2) is 48.5 Å². The minimum atomic E-state index is 0. The van der Waals surface area contributed by atoms with Gasteiger partial charge in [-0.05, 0) is 41.0 Å². The molecule has 2 heteroatoms. The maximum atomic E-state index is 2.31. The predicted octanol–water partition coefficient (Wildman–Crippen LogP) is 1.90. The van der Waals surface area contributed by atoms with Crippen LogP contribution in [0.25, 0.3) is 0 Å². The number of hydrogen-bond donors (Lipinski definition) is 1. The van der Waals surface area contributed by atoms with E-state index in [1.54, 1.807) is 0 Å². The quantitative estimate of drug-likeness (QED) is 0.768. The lowest BCUT2D eigenvalue weighted by Gasteiger charge is -2.18. The van der Waals surface area contributed by atoms with Gasteiger partial charge in [-0.1, -0.05) is 71.0 Å². The van der Waals surface area contributed by atoms with E-state index in [1.165, 1.54) is 28.8 Å². The van der Waals surface area contributed by atoms with Gasteiger partial charge < -0.3 is 22.3 Å². The third-order valence-corrected chi connectivity index (χ3v) is 4.51. The highest BCUT2D eigenvalue weighted by Gasteiger charge is 2.13. The molecule has 2 aromatic rings. The van der Waals surface area contributed by atoms with E-state index in [0.717, 1.165) is 6.54 Å². The molecule has 2 aromatic carbocycles. The molecule has 0 saturated heterocycles. The van der Waals surface area contributed by atoms with Crippen molar-refractivity contribution >= 4 is 5.69 Å². The van der Waals surface area contributed by atoms with Gasteiger partial charge in [-0.25, -0.2) is 0 Å². The van der Waals surface area contributed by atoms with E-state index >= 15 is 0 Å². The number of hydrogen-bond acceptors (Lipinski definition) is 0. The topological polar surface area (TPSA) is 16.6 Å². The summed E-state index contributed by atoms with van der Waals surface area (Å²) in [4.78, 5) is 0. The Hall–Kier alpha value is -1.12. The molecule has 0 radical (unpaired) electrons. The largest absolute Gasteiger partial charge is 1.00 e. The molecule has 1 unspecified atom stereocenters. The molecule has 1 atom stereocenters. The Balaban J connectivity index is 0.00000264. The number of nitrogens with two attached hydrogens (primary N) is 1. The fraction of sp³-hybridized carbons (Fsp3) is 0.429. The lowest BCUT2D eigenvalue weighted by atomic mass is 9.87. The van der Waals surface area contributed by atoms with Crippen molar-refractivity contribution in [1.82, 2.24) is 0 Å². The molecule has 0 aliphatic carbocycles. The molecule has 23 heavy (non-hydrogen) atoms. The van der Waals surface area contributed by atoms with Crippen LogP contribution in [0, 0.1) is 0 Å². The fourth-order valence-corrected chi connectivity index (χ4v) is 2.57. The lowest BCUT2D eigenvalue weighted by Crippen LogP contribution is -3.00. The van der Waals surface area contributed by atoms with Gasteiger partial charge >= 0.3 is 0 Å². The zero-order chi connectivity index (χ0) is 16.2. The second-order valence-electron chi connectivity index (χ2n) is 7.33. The van der Waals surface area contributed by atoms with Gasteiger partial charge in [-0.15, -0.1) is 0 Å². The van der Waals surface area contributed by atoms with Crippen molar-refractivity contribution in [2.45, 2.75) is 58.9 Å². The molecule has 0 saturated carbocycles. The first-order valence-electron chi connectivity index (χ1n) is 8.42. The molecule has 2 rings (SSSR count). The third kappa shape index (κ3) is 5.78. The maximum absolute atomic E-state index is 2.31. The molecule has 2 N–H and O–H groups in total. The fourth-order valence-electron chi connectivity index (χ4n) is 2.57. The SMILES string of the molecule is CCC(C)c1ccc([NH2+]Cc2ccc(C(C)(C)C)cc2)cc1.[Br-]. The summed E-state index contributed by atoms with van der Waals surface area (Å²) in [6.07, 6.45) is 1.20. The van der Waals surface area contributed by atoms with E-state index in [0.29, 0.717) is 5.92 Å². The first kappa shape index (κ1) is 19.9. The summed E-state index contributed by atoms with van der Waals surface area (Å²) in [5.74, 6) is 0.652. The van der Waals surface area contributed by atoms with Crippen molar-refractivity contribution in [2.75, 3.05) is 0 Å². The third-order valence-electron chi connectivity index (χ3n) is 4.51. The molecule has 0 amide bonds. The van der Waals surface area contributed by atoms with Gasteiger partial charge in [0.25, 0.3) is 0 Å². The maximum Gasteiger partial charge on any atom is 0.129 e. The highest BCUT2D eigenvalue weighted by atomic mass is 79.9. The molecule has 0 bridgehead atoms. The van der Waals surface area contributed by atoms with Crippen molar-refractivity contribution in [3.8, 4) is 0 Å². The molecule has 0 aliphatic rings. The van der Waals surface area contributed by atoms with Gasteiger partial charge in [0.1, 0.15) is 12.2 Å². The van der Waals surface area contributed by atoms with Crippen LogP contribution in [0.5, 0.6) is 0 Å². The zero-order valence-corrected chi connectivity index (χ0v) is 16.7. The van der Waals surface area contributed by atoms with Crippen LogP contribution in [0.1, 0.15) is 63.6 Å². The van der Waals surface area contributed by atoms with Gasteiger partial charge in [0, 0.05) is 5.56 Å². The summed E-state index contributed by atoms with van der Waals surface area (Å²) in [5, 5.41) is 2.31. The molecule has 0 spiro atoms. The Bertz CT molecular complexity index is 579. The first-order chi connectivity index (χ1) is 10.4. The summed E-state index contributed by atoms with van der Waals surface area (Å²) < 4.78 is 0. The molecule has 126 valence electrons. The van der Waals surface area contributed by atoms with Gasteiger partial charge in [-0.2, -0.15) is 0 Å². The smallest absolute Gasteiger partial charge is 0.129 e. The van der Waals surface area contributed by atoms with E-state index in [-0.39, 0.29) is 22.4 Å². The molecular weight excluding hydrogens is 346 g/mol. The van der Waals surface area contributed by atoms with E-state index < -0.39 is 0 Å². The van der Waals surface area contributed by atoms with E-state index in [2.05, 4.69) is 88.5 Å². The zero-order valence-electron chi connectivity index (χ0n) is 15.1. The van der Waals surface area contributed by atoms with Gasteiger partial charge in [0.2, 0.25) is 0 Å². The highest BCUT2D eigenvalue weighted by Crippen LogP contribution is 2.22. The Morgan fingerprint density at radius 3 is 1.96 bits per heavy atom. The van der Waals surface area contributed by atoms with Crippen molar-refractivity contribution in [3.05, 3.63) is 65.2 Å². The second kappa shape index (κ2) is 8.65. The summed E-state index contributed by atoms with van der Waals surface area (Å²) in [6.45, 7) is 12.3.